The van der Waals surface area contributed by atoms with Crippen LogP contribution in [0.5, 0.6) is 5.75 Å². The number of piperazine rings is 1. The predicted octanol–water partition coefficient (Wildman–Crippen LogP) is 4.72. The molecule has 11 heteroatoms. The lowest BCUT2D eigenvalue weighted by Gasteiger charge is -2.28. The molecule has 188 valence electrons. The lowest BCUT2D eigenvalue weighted by atomic mass is 10.1. The number of aromatic nitrogens is 3. The molecule has 2 N–H and O–H groups in total. The molecule has 1 aliphatic heterocycles. The number of benzene rings is 2. The highest BCUT2D eigenvalue weighted by Crippen LogP contribution is 2.35. The second-order valence-electron chi connectivity index (χ2n) is 8.25. The highest BCUT2D eigenvalue weighted by molar-refractivity contribution is 6.33. The first-order valence-corrected chi connectivity index (χ1v) is 11.6. The van der Waals surface area contributed by atoms with Gasteiger partial charge in [0.25, 0.3) is 5.91 Å². The fraction of sp³-hybridized carbons (Fsp3) is 0.240. The van der Waals surface area contributed by atoms with Crippen molar-refractivity contribution >= 4 is 47.1 Å². The van der Waals surface area contributed by atoms with Gasteiger partial charge in [0.1, 0.15) is 0 Å². The van der Waals surface area contributed by atoms with Crippen LogP contribution in [-0.4, -0.2) is 58.5 Å². The second kappa shape index (κ2) is 10.7. The molecule has 2 aromatic heterocycles. The number of amides is 1. The maximum Gasteiger partial charge on any atom is 0.254 e. The zero-order valence-electron chi connectivity index (χ0n) is 19.7. The molecule has 0 atom stereocenters. The first-order chi connectivity index (χ1) is 17.0. The average Bonchev–Trinajstić information content (AvgIpc) is 3.31. The standard InChI is InChI=1S/C25H24ClFN6O2.ClH/c1-15-13-16(3-4-17(15)25(34)32-10-7-28-8-11-32)31-23-24-30-14-19(33(24)12-9-29-23)18-5-6-20(35-2)22(27)21(18)26;/h3-6,9,12-14,28H,7-8,10-11H2,1-2H3,(H,29,31);1H. The van der Waals surface area contributed by atoms with E-state index in [0.717, 1.165) is 24.3 Å². The summed E-state index contributed by atoms with van der Waals surface area (Å²) >= 11 is 6.29. The number of rotatable bonds is 5. The number of imidazole rings is 1. The van der Waals surface area contributed by atoms with Crippen LogP contribution in [0.25, 0.3) is 16.9 Å². The normalized spacial score (nSPS) is 13.4. The molecule has 1 fully saturated rings. The summed E-state index contributed by atoms with van der Waals surface area (Å²) in [5.41, 5.74) is 3.98. The van der Waals surface area contributed by atoms with Crippen molar-refractivity contribution in [3.05, 3.63) is 70.9 Å². The van der Waals surface area contributed by atoms with E-state index in [4.69, 9.17) is 16.3 Å². The van der Waals surface area contributed by atoms with E-state index in [-0.39, 0.29) is 29.1 Å². The number of fused-ring (bicyclic) bond motifs is 1. The number of carbonyl (C=O) groups excluding carboxylic acids is 1. The van der Waals surface area contributed by atoms with Crippen LogP contribution >= 0.6 is 24.0 Å². The molecular weight excluding hydrogens is 506 g/mol. The molecule has 36 heavy (non-hydrogen) atoms. The van der Waals surface area contributed by atoms with Gasteiger partial charge in [-0.1, -0.05) is 11.6 Å². The highest BCUT2D eigenvalue weighted by atomic mass is 35.5. The van der Waals surface area contributed by atoms with Crippen molar-refractivity contribution < 1.29 is 13.9 Å². The number of aryl methyl sites for hydroxylation is 1. The molecule has 0 unspecified atom stereocenters. The summed E-state index contributed by atoms with van der Waals surface area (Å²) in [4.78, 5) is 23.7. The van der Waals surface area contributed by atoms with Crippen molar-refractivity contribution in [1.82, 2.24) is 24.6 Å². The van der Waals surface area contributed by atoms with E-state index in [1.807, 2.05) is 30.0 Å². The van der Waals surface area contributed by atoms with Crippen LogP contribution in [0.4, 0.5) is 15.9 Å². The molecule has 0 bridgehead atoms. The Morgan fingerprint density at radius 2 is 1.97 bits per heavy atom. The molecule has 0 saturated carbocycles. The zero-order chi connectivity index (χ0) is 24.5. The summed E-state index contributed by atoms with van der Waals surface area (Å²) in [6, 6.07) is 8.83. The summed E-state index contributed by atoms with van der Waals surface area (Å²) in [7, 11) is 1.39. The Hall–Kier alpha value is -3.40. The molecule has 0 radical (unpaired) electrons. The number of hydrogen-bond donors (Lipinski definition) is 2. The summed E-state index contributed by atoms with van der Waals surface area (Å²) in [6.07, 6.45) is 4.99. The van der Waals surface area contributed by atoms with Crippen molar-refractivity contribution in [2.75, 3.05) is 38.6 Å². The fourth-order valence-corrected chi connectivity index (χ4v) is 4.50. The predicted molar refractivity (Wildman–Crippen MR) is 140 cm³/mol. The second-order valence-corrected chi connectivity index (χ2v) is 8.63. The largest absolute Gasteiger partial charge is 0.494 e. The SMILES string of the molecule is COc1ccc(-c2cnc3c(Nc4ccc(C(=O)N5CCNCC5)c(C)c4)nccn23)c(Cl)c1F.Cl. The Morgan fingerprint density at radius 3 is 2.69 bits per heavy atom. The van der Waals surface area contributed by atoms with Crippen molar-refractivity contribution in [1.29, 1.82) is 0 Å². The molecule has 3 heterocycles. The van der Waals surface area contributed by atoms with Gasteiger partial charge in [-0.15, -0.1) is 12.4 Å². The van der Waals surface area contributed by atoms with Crippen molar-refractivity contribution in [3.63, 3.8) is 0 Å². The van der Waals surface area contributed by atoms with Crippen molar-refractivity contribution in [2.45, 2.75) is 6.92 Å². The van der Waals surface area contributed by atoms with Gasteiger partial charge >= 0.3 is 0 Å². The summed E-state index contributed by atoms with van der Waals surface area (Å²) < 4.78 is 21.3. The van der Waals surface area contributed by atoms with Crippen LogP contribution in [0.15, 0.2) is 48.9 Å². The van der Waals surface area contributed by atoms with E-state index in [9.17, 15) is 9.18 Å². The van der Waals surface area contributed by atoms with Crippen LogP contribution in [0.3, 0.4) is 0 Å². The zero-order valence-corrected chi connectivity index (χ0v) is 21.3. The van der Waals surface area contributed by atoms with Crippen LogP contribution in [0, 0.1) is 12.7 Å². The quantitative estimate of drug-likeness (QED) is 0.388. The monoisotopic (exact) mass is 530 g/mol. The smallest absolute Gasteiger partial charge is 0.254 e. The molecule has 1 amide bonds. The maximum atomic E-state index is 14.5. The summed E-state index contributed by atoms with van der Waals surface area (Å²) in [5, 5.41) is 6.50. The first kappa shape index (κ1) is 25.7. The maximum absolute atomic E-state index is 14.5. The van der Waals surface area contributed by atoms with Gasteiger partial charge < -0.3 is 20.3 Å². The van der Waals surface area contributed by atoms with E-state index < -0.39 is 5.82 Å². The molecule has 4 aromatic rings. The third kappa shape index (κ3) is 4.69. The number of nitrogens with one attached hydrogen (secondary N) is 2. The van der Waals surface area contributed by atoms with Crippen molar-refractivity contribution in [2.24, 2.45) is 0 Å². The number of halogens is 3. The lowest BCUT2D eigenvalue weighted by Crippen LogP contribution is -2.46. The van der Waals surface area contributed by atoms with E-state index in [0.29, 0.717) is 41.4 Å². The van der Waals surface area contributed by atoms with Crippen molar-refractivity contribution in [3.8, 4) is 17.0 Å². The lowest BCUT2D eigenvalue weighted by molar-refractivity contribution is 0.0735. The van der Waals surface area contributed by atoms with Crippen LogP contribution in [0.2, 0.25) is 5.02 Å². The molecule has 2 aromatic carbocycles. The minimum Gasteiger partial charge on any atom is -0.494 e. The summed E-state index contributed by atoms with van der Waals surface area (Å²) in [6.45, 7) is 4.94. The molecule has 1 aliphatic rings. The number of nitrogens with zero attached hydrogens (tertiary/aromatic N) is 4. The van der Waals surface area contributed by atoms with Gasteiger partial charge in [-0.05, 0) is 42.8 Å². The van der Waals surface area contributed by atoms with Gasteiger partial charge in [0.15, 0.2) is 23.0 Å². The Balaban J connectivity index is 0.00000304. The number of carbonyl (C=O) groups is 1. The number of anilines is 2. The first-order valence-electron chi connectivity index (χ1n) is 11.2. The van der Waals surface area contributed by atoms with E-state index in [1.54, 1.807) is 29.1 Å². The minimum absolute atomic E-state index is 0. The van der Waals surface area contributed by atoms with Gasteiger partial charge in [0, 0.05) is 55.4 Å². The molecule has 5 rings (SSSR count). The molecule has 8 nitrogen and oxygen atoms in total. The Morgan fingerprint density at radius 1 is 1.19 bits per heavy atom. The Labute approximate surface area is 218 Å². The van der Waals surface area contributed by atoms with E-state index in [1.165, 1.54) is 13.2 Å². The third-order valence-corrected chi connectivity index (χ3v) is 6.46. The Kier molecular flexibility index (Phi) is 7.63. The van der Waals surface area contributed by atoms with Gasteiger partial charge in [0.05, 0.1) is 24.0 Å². The minimum atomic E-state index is -0.625. The molecule has 1 saturated heterocycles. The van der Waals surface area contributed by atoms with Gasteiger partial charge in [-0.3, -0.25) is 9.20 Å². The van der Waals surface area contributed by atoms with Crippen LogP contribution in [-0.2, 0) is 0 Å². The molecule has 0 aliphatic carbocycles. The number of methoxy groups -OCH3 is 1. The number of ether oxygens (including phenoxy) is 1. The topological polar surface area (TPSA) is 83.8 Å². The van der Waals surface area contributed by atoms with Crippen LogP contribution in [0.1, 0.15) is 15.9 Å². The Bertz CT molecular complexity index is 1420. The van der Waals surface area contributed by atoms with Gasteiger partial charge in [-0.2, -0.15) is 0 Å². The van der Waals surface area contributed by atoms with E-state index >= 15 is 0 Å². The van der Waals surface area contributed by atoms with Gasteiger partial charge in [-0.25, -0.2) is 14.4 Å². The average molecular weight is 531 g/mol. The molecular formula is C25H25Cl2FN6O2. The third-order valence-electron chi connectivity index (χ3n) is 6.09. The van der Waals surface area contributed by atoms with E-state index in [2.05, 4.69) is 20.6 Å². The summed E-state index contributed by atoms with van der Waals surface area (Å²) in [5.74, 6) is 0.00695. The highest BCUT2D eigenvalue weighted by Gasteiger charge is 2.20. The fourth-order valence-electron chi connectivity index (χ4n) is 4.25. The van der Waals surface area contributed by atoms with Crippen LogP contribution < -0.4 is 15.4 Å². The van der Waals surface area contributed by atoms with Gasteiger partial charge in [0.2, 0.25) is 0 Å². The molecule has 0 spiro atoms. The number of hydrogen-bond acceptors (Lipinski definition) is 6.